The van der Waals surface area contributed by atoms with E-state index in [-0.39, 0.29) is 0 Å². The summed E-state index contributed by atoms with van der Waals surface area (Å²) in [5, 5.41) is 8.44. The molecule has 3 rings (SSSR count). The van der Waals surface area contributed by atoms with Gasteiger partial charge in [0.1, 0.15) is 6.33 Å². The molecule has 1 fully saturated rings. The van der Waals surface area contributed by atoms with E-state index in [0.29, 0.717) is 6.04 Å². The molecule has 1 atom stereocenters. The molecule has 1 aliphatic heterocycles. The fourth-order valence-electron chi connectivity index (χ4n) is 2.80. The third kappa shape index (κ3) is 2.40. The first kappa shape index (κ1) is 12.4. The van der Waals surface area contributed by atoms with E-state index in [4.69, 9.17) is 0 Å². The molecular formula is C15H20N4. The molecule has 0 bridgehead atoms. The summed E-state index contributed by atoms with van der Waals surface area (Å²) in [5.41, 5.74) is 2.40. The van der Waals surface area contributed by atoms with Crippen molar-refractivity contribution in [2.75, 3.05) is 13.1 Å². The molecule has 0 aliphatic carbocycles. The first-order valence-electron chi connectivity index (χ1n) is 6.97. The maximum Gasteiger partial charge on any atom is 0.154 e. The number of likely N-dealkylation sites (tertiary alicyclic amines) is 1. The molecule has 0 saturated carbocycles. The van der Waals surface area contributed by atoms with E-state index >= 15 is 0 Å². The van der Waals surface area contributed by atoms with Gasteiger partial charge < -0.3 is 0 Å². The van der Waals surface area contributed by atoms with Gasteiger partial charge >= 0.3 is 0 Å². The predicted molar refractivity (Wildman–Crippen MR) is 75.3 cm³/mol. The lowest BCUT2D eigenvalue weighted by atomic mass is 10.2. The standard InChI is InChI=1S/C15H20N4/c1-12-6-5-7-14(10-12)19-11-16-17-15(19)13(2)18-8-3-4-9-18/h5-7,10-11,13H,3-4,8-9H2,1-2H3/t13-/m0/s1. The maximum absolute atomic E-state index is 4.34. The van der Waals surface area contributed by atoms with Crippen LogP contribution in [0.4, 0.5) is 0 Å². The number of hydrogen-bond donors (Lipinski definition) is 0. The average molecular weight is 256 g/mol. The molecule has 0 radical (unpaired) electrons. The zero-order valence-corrected chi connectivity index (χ0v) is 11.6. The second-order valence-electron chi connectivity index (χ2n) is 5.32. The van der Waals surface area contributed by atoms with Gasteiger partial charge in [-0.15, -0.1) is 10.2 Å². The van der Waals surface area contributed by atoms with E-state index in [9.17, 15) is 0 Å². The summed E-state index contributed by atoms with van der Waals surface area (Å²) < 4.78 is 2.11. The monoisotopic (exact) mass is 256 g/mol. The van der Waals surface area contributed by atoms with Crippen molar-refractivity contribution in [2.45, 2.75) is 32.7 Å². The molecule has 2 aromatic rings. The van der Waals surface area contributed by atoms with Gasteiger partial charge in [0, 0.05) is 5.69 Å². The summed E-state index contributed by atoms with van der Waals surface area (Å²) in [6.07, 6.45) is 4.41. The molecule has 4 heteroatoms. The fraction of sp³-hybridized carbons (Fsp3) is 0.467. The van der Waals surface area contributed by atoms with Crippen LogP contribution in [0.25, 0.3) is 5.69 Å². The summed E-state index contributed by atoms with van der Waals surface area (Å²) >= 11 is 0. The van der Waals surface area contributed by atoms with Crippen LogP contribution in [0, 0.1) is 6.92 Å². The number of aromatic nitrogens is 3. The fourth-order valence-corrected chi connectivity index (χ4v) is 2.80. The van der Waals surface area contributed by atoms with Crippen molar-refractivity contribution in [1.29, 1.82) is 0 Å². The van der Waals surface area contributed by atoms with E-state index in [1.165, 1.54) is 31.5 Å². The Bertz CT molecular complexity index is 555. The van der Waals surface area contributed by atoms with Gasteiger partial charge in [0.05, 0.1) is 6.04 Å². The molecule has 4 nitrogen and oxygen atoms in total. The first-order chi connectivity index (χ1) is 9.25. The van der Waals surface area contributed by atoms with Crippen molar-refractivity contribution in [2.24, 2.45) is 0 Å². The smallest absolute Gasteiger partial charge is 0.154 e. The SMILES string of the molecule is Cc1cccc(-n2cnnc2[C@H](C)N2CCCC2)c1. The van der Waals surface area contributed by atoms with Gasteiger partial charge in [0.15, 0.2) is 5.82 Å². The highest BCUT2D eigenvalue weighted by Crippen LogP contribution is 2.24. The van der Waals surface area contributed by atoms with Crippen molar-refractivity contribution in [3.63, 3.8) is 0 Å². The van der Waals surface area contributed by atoms with Gasteiger partial charge in [-0.3, -0.25) is 9.47 Å². The lowest BCUT2D eigenvalue weighted by Crippen LogP contribution is -2.25. The molecule has 0 spiro atoms. The van der Waals surface area contributed by atoms with Crippen LogP contribution in [0.2, 0.25) is 0 Å². The van der Waals surface area contributed by atoms with E-state index in [1.54, 1.807) is 0 Å². The third-order valence-electron chi connectivity index (χ3n) is 3.92. The summed E-state index contributed by atoms with van der Waals surface area (Å²) in [6, 6.07) is 8.79. The van der Waals surface area contributed by atoms with Crippen molar-refractivity contribution < 1.29 is 0 Å². The molecule has 1 aromatic carbocycles. The highest BCUT2D eigenvalue weighted by molar-refractivity contribution is 5.36. The molecule has 0 N–H and O–H groups in total. The first-order valence-corrected chi connectivity index (χ1v) is 6.97. The molecule has 1 aliphatic rings. The van der Waals surface area contributed by atoms with Crippen LogP contribution in [0.5, 0.6) is 0 Å². The molecule has 1 aromatic heterocycles. The Kier molecular flexibility index (Phi) is 3.34. The lowest BCUT2D eigenvalue weighted by molar-refractivity contribution is 0.251. The van der Waals surface area contributed by atoms with Gasteiger partial charge in [-0.25, -0.2) is 0 Å². The normalized spacial score (nSPS) is 17.8. The third-order valence-corrected chi connectivity index (χ3v) is 3.92. The van der Waals surface area contributed by atoms with Gasteiger partial charge in [0.2, 0.25) is 0 Å². The zero-order chi connectivity index (χ0) is 13.2. The van der Waals surface area contributed by atoms with Crippen LogP contribution in [0.3, 0.4) is 0 Å². The van der Waals surface area contributed by atoms with E-state index < -0.39 is 0 Å². The van der Waals surface area contributed by atoms with Crippen LogP contribution in [-0.4, -0.2) is 32.8 Å². The predicted octanol–water partition coefficient (Wildman–Crippen LogP) is 2.73. The molecule has 100 valence electrons. The van der Waals surface area contributed by atoms with Crippen LogP contribution in [0.15, 0.2) is 30.6 Å². The number of rotatable bonds is 3. The minimum atomic E-state index is 0.325. The summed E-state index contributed by atoms with van der Waals surface area (Å²) in [6.45, 7) is 6.67. The quantitative estimate of drug-likeness (QED) is 0.846. The summed E-state index contributed by atoms with van der Waals surface area (Å²) in [4.78, 5) is 2.48. The Morgan fingerprint density at radius 2 is 2.00 bits per heavy atom. The largest absolute Gasteiger partial charge is 0.294 e. The second-order valence-corrected chi connectivity index (χ2v) is 5.32. The molecule has 1 saturated heterocycles. The van der Waals surface area contributed by atoms with Crippen molar-refractivity contribution in [3.8, 4) is 5.69 Å². The minimum Gasteiger partial charge on any atom is -0.294 e. The van der Waals surface area contributed by atoms with Crippen LogP contribution in [0.1, 0.15) is 37.2 Å². The minimum absolute atomic E-state index is 0.325. The molecular weight excluding hydrogens is 236 g/mol. The molecule has 2 heterocycles. The van der Waals surface area contributed by atoms with E-state index in [1.807, 2.05) is 6.33 Å². The lowest BCUT2D eigenvalue weighted by Gasteiger charge is -2.23. The van der Waals surface area contributed by atoms with Crippen LogP contribution in [-0.2, 0) is 0 Å². The van der Waals surface area contributed by atoms with Crippen molar-refractivity contribution in [3.05, 3.63) is 42.0 Å². The Labute approximate surface area is 114 Å². The number of benzene rings is 1. The Hall–Kier alpha value is -1.68. The molecule has 0 amide bonds. The van der Waals surface area contributed by atoms with Gasteiger partial charge in [-0.05, 0) is 57.5 Å². The highest BCUT2D eigenvalue weighted by Gasteiger charge is 2.23. The van der Waals surface area contributed by atoms with Gasteiger partial charge in [0.25, 0.3) is 0 Å². The summed E-state index contributed by atoms with van der Waals surface area (Å²) in [7, 11) is 0. The molecule has 0 unspecified atom stereocenters. The Morgan fingerprint density at radius 3 is 2.74 bits per heavy atom. The Balaban J connectivity index is 1.93. The number of nitrogens with zero attached hydrogens (tertiary/aromatic N) is 4. The van der Waals surface area contributed by atoms with Crippen molar-refractivity contribution >= 4 is 0 Å². The number of hydrogen-bond acceptors (Lipinski definition) is 3. The second kappa shape index (κ2) is 5.13. The van der Waals surface area contributed by atoms with Gasteiger partial charge in [-0.1, -0.05) is 12.1 Å². The topological polar surface area (TPSA) is 34.0 Å². The van der Waals surface area contributed by atoms with Crippen molar-refractivity contribution in [1.82, 2.24) is 19.7 Å². The zero-order valence-electron chi connectivity index (χ0n) is 11.6. The van der Waals surface area contributed by atoms with Crippen LogP contribution >= 0.6 is 0 Å². The Morgan fingerprint density at radius 1 is 1.21 bits per heavy atom. The van der Waals surface area contributed by atoms with Crippen LogP contribution < -0.4 is 0 Å². The maximum atomic E-state index is 4.34. The highest BCUT2D eigenvalue weighted by atomic mass is 15.3. The summed E-state index contributed by atoms with van der Waals surface area (Å²) in [5.74, 6) is 1.03. The molecule has 19 heavy (non-hydrogen) atoms. The number of aryl methyl sites for hydroxylation is 1. The van der Waals surface area contributed by atoms with E-state index in [2.05, 4.69) is 57.8 Å². The van der Waals surface area contributed by atoms with E-state index in [0.717, 1.165) is 11.5 Å². The van der Waals surface area contributed by atoms with Gasteiger partial charge in [-0.2, -0.15) is 0 Å². The average Bonchev–Trinajstić information content (AvgIpc) is 3.09.